The number of hydrazine groups is 1. The van der Waals surface area contributed by atoms with Crippen molar-refractivity contribution in [1.29, 1.82) is 0 Å². The molecule has 2 amide bonds. The van der Waals surface area contributed by atoms with Crippen molar-refractivity contribution in [3.05, 3.63) is 58.6 Å². The Bertz CT molecular complexity index is 808. The molecule has 7 heteroatoms. The topological polar surface area (TPSA) is 70.7 Å². The average Bonchev–Trinajstić information content (AvgIpc) is 2.62. The molecule has 0 saturated heterocycles. The second-order valence-electron chi connectivity index (χ2n) is 6.06. The maximum Gasteiger partial charge on any atom is 0.279 e. The van der Waals surface area contributed by atoms with E-state index in [2.05, 4.69) is 10.9 Å². The standard InChI is InChI=1S/C19H22ClN3O3/c1-12-10-16(8-9-17(12)20)26-13(2)18(24)21-22-19(25)14-6-5-7-15(11-14)23(3)4/h5-11,13H,1-4H3,(H,21,24)(H,22,25). The minimum absolute atomic E-state index is 0.406. The lowest BCUT2D eigenvalue weighted by Gasteiger charge is -2.16. The van der Waals surface area contributed by atoms with Crippen LogP contribution in [-0.2, 0) is 4.79 Å². The van der Waals surface area contributed by atoms with Crippen molar-refractivity contribution < 1.29 is 14.3 Å². The molecule has 1 unspecified atom stereocenters. The molecule has 26 heavy (non-hydrogen) atoms. The first-order chi connectivity index (χ1) is 12.3. The molecule has 6 nitrogen and oxygen atoms in total. The van der Waals surface area contributed by atoms with Gasteiger partial charge in [-0.3, -0.25) is 20.4 Å². The number of ether oxygens (including phenoxy) is 1. The van der Waals surface area contributed by atoms with Gasteiger partial charge in [0.15, 0.2) is 6.10 Å². The number of amides is 2. The van der Waals surface area contributed by atoms with Crippen LogP contribution in [0.4, 0.5) is 5.69 Å². The molecule has 2 aromatic rings. The SMILES string of the molecule is Cc1cc(OC(C)C(=O)NNC(=O)c2cccc(N(C)C)c2)ccc1Cl. The Morgan fingerprint density at radius 2 is 1.85 bits per heavy atom. The van der Waals surface area contributed by atoms with E-state index in [1.54, 1.807) is 43.3 Å². The normalized spacial score (nSPS) is 11.4. The molecule has 2 N–H and O–H groups in total. The first-order valence-corrected chi connectivity index (χ1v) is 8.46. The number of nitrogens with one attached hydrogen (secondary N) is 2. The van der Waals surface area contributed by atoms with E-state index in [0.29, 0.717) is 16.3 Å². The van der Waals surface area contributed by atoms with Gasteiger partial charge in [0.1, 0.15) is 5.75 Å². The van der Waals surface area contributed by atoms with E-state index in [-0.39, 0.29) is 0 Å². The first kappa shape index (κ1) is 19.6. The van der Waals surface area contributed by atoms with Gasteiger partial charge in [-0.1, -0.05) is 17.7 Å². The number of anilines is 1. The number of hydrogen-bond donors (Lipinski definition) is 2. The van der Waals surface area contributed by atoms with Crippen molar-refractivity contribution in [1.82, 2.24) is 10.9 Å². The van der Waals surface area contributed by atoms with Crippen LogP contribution in [0.3, 0.4) is 0 Å². The lowest BCUT2D eigenvalue weighted by Crippen LogP contribution is -2.47. The van der Waals surface area contributed by atoms with E-state index in [9.17, 15) is 9.59 Å². The van der Waals surface area contributed by atoms with Gasteiger partial charge in [-0.05, 0) is 55.8 Å². The summed E-state index contributed by atoms with van der Waals surface area (Å²) in [6.45, 7) is 3.44. The molecule has 0 bridgehead atoms. The lowest BCUT2D eigenvalue weighted by atomic mass is 10.2. The van der Waals surface area contributed by atoms with Crippen LogP contribution in [-0.4, -0.2) is 32.0 Å². The molecule has 1 atom stereocenters. The van der Waals surface area contributed by atoms with Crippen molar-refractivity contribution in [2.45, 2.75) is 20.0 Å². The van der Waals surface area contributed by atoms with Crippen molar-refractivity contribution >= 4 is 29.1 Å². The van der Waals surface area contributed by atoms with Crippen LogP contribution in [0.1, 0.15) is 22.8 Å². The third-order valence-corrected chi connectivity index (χ3v) is 4.16. The fourth-order valence-corrected chi connectivity index (χ4v) is 2.28. The highest BCUT2D eigenvalue weighted by molar-refractivity contribution is 6.31. The summed E-state index contributed by atoms with van der Waals surface area (Å²) in [5, 5.41) is 0.627. The second kappa shape index (κ2) is 8.58. The Labute approximate surface area is 158 Å². The van der Waals surface area contributed by atoms with E-state index in [1.165, 1.54) is 0 Å². The maximum atomic E-state index is 12.2. The van der Waals surface area contributed by atoms with Gasteiger partial charge in [0, 0.05) is 30.4 Å². The van der Waals surface area contributed by atoms with E-state index >= 15 is 0 Å². The molecule has 0 radical (unpaired) electrons. The fourth-order valence-electron chi connectivity index (χ4n) is 2.17. The minimum Gasteiger partial charge on any atom is -0.481 e. The molecule has 0 heterocycles. The number of halogens is 1. The predicted octanol–water partition coefficient (Wildman–Crippen LogP) is 2.94. The summed E-state index contributed by atoms with van der Waals surface area (Å²) in [5.74, 6) is -0.342. The van der Waals surface area contributed by atoms with Gasteiger partial charge < -0.3 is 9.64 Å². The number of carbonyl (C=O) groups is 2. The van der Waals surface area contributed by atoms with Gasteiger partial charge in [0.25, 0.3) is 11.8 Å². The Hall–Kier alpha value is -2.73. The quantitative estimate of drug-likeness (QED) is 0.788. The minimum atomic E-state index is -0.788. The van der Waals surface area contributed by atoms with E-state index in [0.717, 1.165) is 11.3 Å². The summed E-state index contributed by atoms with van der Waals surface area (Å²) < 4.78 is 5.57. The van der Waals surface area contributed by atoms with Crippen molar-refractivity contribution in [3.8, 4) is 5.75 Å². The van der Waals surface area contributed by atoms with Crippen LogP contribution in [0.15, 0.2) is 42.5 Å². The number of nitrogens with zero attached hydrogens (tertiary/aromatic N) is 1. The first-order valence-electron chi connectivity index (χ1n) is 8.08. The van der Waals surface area contributed by atoms with Crippen LogP contribution < -0.4 is 20.5 Å². The number of aryl methyl sites for hydroxylation is 1. The van der Waals surface area contributed by atoms with Crippen LogP contribution >= 0.6 is 11.6 Å². The molecule has 2 aromatic carbocycles. The third kappa shape index (κ3) is 5.13. The Morgan fingerprint density at radius 3 is 2.50 bits per heavy atom. The van der Waals surface area contributed by atoms with Crippen molar-refractivity contribution in [2.75, 3.05) is 19.0 Å². The van der Waals surface area contributed by atoms with Crippen LogP contribution in [0, 0.1) is 6.92 Å². The highest BCUT2D eigenvalue weighted by atomic mass is 35.5. The monoisotopic (exact) mass is 375 g/mol. The van der Waals surface area contributed by atoms with Gasteiger partial charge in [-0.15, -0.1) is 0 Å². The number of carbonyl (C=O) groups excluding carboxylic acids is 2. The molecule has 0 aliphatic carbocycles. The van der Waals surface area contributed by atoms with Gasteiger partial charge in [-0.25, -0.2) is 0 Å². The predicted molar refractivity (Wildman–Crippen MR) is 103 cm³/mol. The number of rotatable bonds is 5. The van der Waals surface area contributed by atoms with Crippen LogP contribution in [0.25, 0.3) is 0 Å². The van der Waals surface area contributed by atoms with Gasteiger partial charge in [-0.2, -0.15) is 0 Å². The Kier molecular flexibility index (Phi) is 6.46. The molecule has 0 aliphatic heterocycles. The van der Waals surface area contributed by atoms with Crippen molar-refractivity contribution in [3.63, 3.8) is 0 Å². The van der Waals surface area contributed by atoms with Crippen LogP contribution in [0.2, 0.25) is 5.02 Å². The number of hydrogen-bond acceptors (Lipinski definition) is 4. The third-order valence-electron chi connectivity index (χ3n) is 3.74. The molecule has 2 rings (SSSR count). The highest BCUT2D eigenvalue weighted by Gasteiger charge is 2.16. The summed E-state index contributed by atoms with van der Waals surface area (Å²) in [5.41, 5.74) is 6.95. The Balaban J connectivity index is 1.91. The largest absolute Gasteiger partial charge is 0.481 e. The summed E-state index contributed by atoms with van der Waals surface area (Å²) >= 11 is 5.97. The highest BCUT2D eigenvalue weighted by Crippen LogP contribution is 2.21. The van der Waals surface area contributed by atoms with E-state index < -0.39 is 17.9 Å². The summed E-state index contributed by atoms with van der Waals surface area (Å²) in [6, 6.07) is 12.2. The molecule has 0 saturated carbocycles. The average molecular weight is 376 g/mol. The molecular formula is C19H22ClN3O3. The number of benzene rings is 2. The smallest absolute Gasteiger partial charge is 0.279 e. The van der Waals surface area contributed by atoms with E-state index in [4.69, 9.17) is 16.3 Å². The zero-order valence-electron chi connectivity index (χ0n) is 15.2. The molecule has 0 aliphatic rings. The zero-order valence-corrected chi connectivity index (χ0v) is 15.9. The van der Waals surface area contributed by atoms with Crippen LogP contribution in [0.5, 0.6) is 5.75 Å². The molecule has 0 fully saturated rings. The summed E-state index contributed by atoms with van der Waals surface area (Å²) in [4.78, 5) is 26.2. The van der Waals surface area contributed by atoms with E-state index in [1.807, 2.05) is 32.0 Å². The molecule has 0 spiro atoms. The summed E-state index contributed by atoms with van der Waals surface area (Å²) in [6.07, 6.45) is -0.788. The molecule has 0 aromatic heterocycles. The molecule has 138 valence electrons. The van der Waals surface area contributed by atoms with Gasteiger partial charge >= 0.3 is 0 Å². The summed E-state index contributed by atoms with van der Waals surface area (Å²) in [7, 11) is 3.77. The molecular weight excluding hydrogens is 354 g/mol. The lowest BCUT2D eigenvalue weighted by molar-refractivity contribution is -0.128. The Morgan fingerprint density at radius 1 is 1.12 bits per heavy atom. The fraction of sp³-hybridized carbons (Fsp3) is 0.263. The zero-order chi connectivity index (χ0) is 19.3. The maximum absolute atomic E-state index is 12.2. The second-order valence-corrected chi connectivity index (χ2v) is 6.47. The van der Waals surface area contributed by atoms with Gasteiger partial charge in [0.2, 0.25) is 0 Å². The van der Waals surface area contributed by atoms with Gasteiger partial charge in [0.05, 0.1) is 0 Å². The van der Waals surface area contributed by atoms with Crippen molar-refractivity contribution in [2.24, 2.45) is 0 Å².